The number of carbonyl (C=O) groups is 2. The number of benzene rings is 3. The van der Waals surface area contributed by atoms with Gasteiger partial charge in [0.1, 0.15) is 5.52 Å². The van der Waals surface area contributed by atoms with Gasteiger partial charge in [0, 0.05) is 29.1 Å². The Labute approximate surface area is 190 Å². The van der Waals surface area contributed by atoms with Gasteiger partial charge in [-0.3, -0.25) is 9.59 Å². The Morgan fingerprint density at radius 3 is 2.59 bits per heavy atom. The van der Waals surface area contributed by atoms with E-state index in [4.69, 9.17) is 4.42 Å². The molecule has 1 heterocycles. The lowest BCUT2D eigenvalue weighted by Gasteiger charge is -2.13. The van der Waals surface area contributed by atoms with Crippen LogP contribution in [0.25, 0.3) is 11.1 Å². The predicted molar refractivity (Wildman–Crippen MR) is 127 cm³/mol. The van der Waals surface area contributed by atoms with E-state index in [0.29, 0.717) is 34.3 Å². The van der Waals surface area contributed by atoms with E-state index in [-0.39, 0.29) is 11.8 Å². The number of aryl methyl sites for hydroxylation is 1. The zero-order valence-electron chi connectivity index (χ0n) is 17.8. The summed E-state index contributed by atoms with van der Waals surface area (Å²) >= 11 is 1.44. The van der Waals surface area contributed by atoms with Crippen molar-refractivity contribution < 1.29 is 14.0 Å². The SMILES string of the molecule is CCNC(=O)c1ccc(C)c(NC(=O)c2ccccc2CSc2nc3ccccc3o2)c1. The molecule has 2 N–H and O–H groups in total. The van der Waals surface area contributed by atoms with Crippen molar-refractivity contribution in [2.45, 2.75) is 24.8 Å². The number of hydrogen-bond donors (Lipinski definition) is 2. The topological polar surface area (TPSA) is 84.2 Å². The first-order chi connectivity index (χ1) is 15.5. The molecule has 4 rings (SSSR count). The summed E-state index contributed by atoms with van der Waals surface area (Å²) in [5.74, 6) is 0.141. The number of carbonyl (C=O) groups excluding carboxylic acids is 2. The fourth-order valence-electron chi connectivity index (χ4n) is 3.27. The number of oxazole rings is 1. The molecule has 3 aromatic carbocycles. The van der Waals surface area contributed by atoms with Crippen molar-refractivity contribution in [3.8, 4) is 0 Å². The molecule has 2 amide bonds. The van der Waals surface area contributed by atoms with Crippen molar-refractivity contribution in [2.24, 2.45) is 0 Å². The Bertz CT molecular complexity index is 1250. The molecule has 7 heteroatoms. The first-order valence-electron chi connectivity index (χ1n) is 10.3. The van der Waals surface area contributed by atoms with Crippen LogP contribution in [0, 0.1) is 6.92 Å². The number of aromatic nitrogens is 1. The van der Waals surface area contributed by atoms with Crippen LogP contribution in [0.4, 0.5) is 5.69 Å². The summed E-state index contributed by atoms with van der Waals surface area (Å²) in [6.45, 7) is 4.30. The molecule has 0 radical (unpaired) electrons. The van der Waals surface area contributed by atoms with E-state index in [1.807, 2.05) is 62.4 Å². The van der Waals surface area contributed by atoms with Gasteiger partial charge in [-0.1, -0.05) is 48.2 Å². The largest absolute Gasteiger partial charge is 0.431 e. The van der Waals surface area contributed by atoms with Gasteiger partial charge in [0.05, 0.1) is 0 Å². The third-order valence-electron chi connectivity index (χ3n) is 4.97. The molecule has 0 fully saturated rings. The van der Waals surface area contributed by atoms with Crippen molar-refractivity contribution in [3.63, 3.8) is 0 Å². The summed E-state index contributed by atoms with van der Waals surface area (Å²) in [6.07, 6.45) is 0. The zero-order chi connectivity index (χ0) is 22.5. The Morgan fingerprint density at radius 2 is 1.78 bits per heavy atom. The van der Waals surface area contributed by atoms with E-state index in [1.165, 1.54) is 11.8 Å². The highest BCUT2D eigenvalue weighted by Crippen LogP contribution is 2.28. The molecular formula is C25H23N3O3S. The molecule has 162 valence electrons. The highest BCUT2D eigenvalue weighted by molar-refractivity contribution is 7.98. The minimum absolute atomic E-state index is 0.168. The van der Waals surface area contributed by atoms with Crippen molar-refractivity contribution >= 4 is 40.4 Å². The highest BCUT2D eigenvalue weighted by atomic mass is 32.2. The van der Waals surface area contributed by atoms with E-state index in [2.05, 4.69) is 15.6 Å². The van der Waals surface area contributed by atoms with Crippen LogP contribution in [0.15, 0.2) is 76.4 Å². The molecule has 4 aromatic rings. The molecule has 0 saturated carbocycles. The lowest BCUT2D eigenvalue weighted by molar-refractivity contribution is 0.0954. The van der Waals surface area contributed by atoms with Gasteiger partial charge in [-0.15, -0.1) is 0 Å². The van der Waals surface area contributed by atoms with Crippen LogP contribution in [-0.4, -0.2) is 23.3 Å². The molecule has 0 atom stereocenters. The van der Waals surface area contributed by atoms with Gasteiger partial charge in [0.15, 0.2) is 5.58 Å². The fraction of sp³-hybridized carbons (Fsp3) is 0.160. The number of nitrogens with zero attached hydrogens (tertiary/aromatic N) is 1. The number of amides is 2. The van der Waals surface area contributed by atoms with E-state index in [0.717, 1.165) is 22.2 Å². The second-order valence-electron chi connectivity index (χ2n) is 7.24. The molecule has 0 bridgehead atoms. The van der Waals surface area contributed by atoms with Crippen molar-refractivity contribution in [1.29, 1.82) is 0 Å². The number of hydrogen-bond acceptors (Lipinski definition) is 5. The van der Waals surface area contributed by atoms with Gasteiger partial charge >= 0.3 is 0 Å². The molecule has 0 saturated heterocycles. The second-order valence-corrected chi connectivity index (χ2v) is 8.16. The Kier molecular flexibility index (Phi) is 6.56. The normalized spacial score (nSPS) is 10.8. The number of thioether (sulfide) groups is 1. The quantitative estimate of drug-likeness (QED) is 0.371. The Balaban J connectivity index is 1.51. The smallest absolute Gasteiger partial charge is 0.257 e. The molecular weight excluding hydrogens is 422 g/mol. The summed E-state index contributed by atoms with van der Waals surface area (Å²) in [5.41, 5.74) is 4.98. The highest BCUT2D eigenvalue weighted by Gasteiger charge is 2.15. The maximum Gasteiger partial charge on any atom is 0.257 e. The molecule has 0 spiro atoms. The second kappa shape index (κ2) is 9.70. The van der Waals surface area contributed by atoms with Crippen LogP contribution >= 0.6 is 11.8 Å². The van der Waals surface area contributed by atoms with Gasteiger partial charge in [-0.05, 0) is 55.3 Å². The zero-order valence-corrected chi connectivity index (χ0v) is 18.7. The lowest BCUT2D eigenvalue weighted by atomic mass is 10.1. The van der Waals surface area contributed by atoms with Gasteiger partial charge in [0.2, 0.25) is 0 Å². The first kappa shape index (κ1) is 21.6. The van der Waals surface area contributed by atoms with E-state index in [9.17, 15) is 9.59 Å². The average Bonchev–Trinajstić information content (AvgIpc) is 3.22. The van der Waals surface area contributed by atoms with Crippen LogP contribution in [0.2, 0.25) is 0 Å². The summed E-state index contributed by atoms with van der Waals surface area (Å²) < 4.78 is 5.77. The maximum atomic E-state index is 13.1. The van der Waals surface area contributed by atoms with E-state index < -0.39 is 0 Å². The average molecular weight is 446 g/mol. The minimum Gasteiger partial charge on any atom is -0.431 e. The monoisotopic (exact) mass is 445 g/mol. The molecule has 1 aromatic heterocycles. The van der Waals surface area contributed by atoms with Gasteiger partial charge in [-0.25, -0.2) is 4.98 Å². The Hall–Kier alpha value is -3.58. The molecule has 6 nitrogen and oxygen atoms in total. The van der Waals surface area contributed by atoms with Crippen molar-refractivity contribution in [3.05, 3.63) is 89.0 Å². The molecule has 0 aliphatic carbocycles. The summed E-state index contributed by atoms with van der Waals surface area (Å²) in [7, 11) is 0. The van der Waals surface area contributed by atoms with Crippen LogP contribution in [0.1, 0.15) is 38.8 Å². The fourth-order valence-corrected chi connectivity index (χ4v) is 4.11. The molecule has 0 unspecified atom stereocenters. The standard InChI is InChI=1S/C25H23N3O3S/c1-3-26-23(29)17-13-12-16(2)21(14-17)27-24(30)19-9-5-4-8-18(19)15-32-25-28-20-10-6-7-11-22(20)31-25/h4-14H,3,15H2,1-2H3,(H,26,29)(H,27,30). The van der Waals surface area contributed by atoms with Crippen LogP contribution in [0.5, 0.6) is 0 Å². The number of nitrogens with one attached hydrogen (secondary N) is 2. The van der Waals surface area contributed by atoms with E-state index in [1.54, 1.807) is 18.2 Å². The van der Waals surface area contributed by atoms with Gasteiger partial charge < -0.3 is 15.1 Å². The van der Waals surface area contributed by atoms with E-state index >= 15 is 0 Å². The van der Waals surface area contributed by atoms with Crippen LogP contribution < -0.4 is 10.6 Å². The molecule has 32 heavy (non-hydrogen) atoms. The van der Waals surface area contributed by atoms with Crippen molar-refractivity contribution in [2.75, 3.05) is 11.9 Å². The predicted octanol–water partition coefficient (Wildman–Crippen LogP) is 5.43. The Morgan fingerprint density at radius 1 is 1.00 bits per heavy atom. The number of anilines is 1. The molecule has 0 aliphatic heterocycles. The third kappa shape index (κ3) is 4.84. The summed E-state index contributed by atoms with van der Waals surface area (Å²) in [4.78, 5) is 29.7. The van der Waals surface area contributed by atoms with Gasteiger partial charge in [0.25, 0.3) is 17.0 Å². The first-order valence-corrected chi connectivity index (χ1v) is 11.3. The number of fused-ring (bicyclic) bond motifs is 1. The summed E-state index contributed by atoms with van der Waals surface area (Å²) in [5, 5.41) is 6.29. The lowest BCUT2D eigenvalue weighted by Crippen LogP contribution is -2.23. The summed E-state index contributed by atoms with van der Waals surface area (Å²) in [6, 6.07) is 20.3. The van der Waals surface area contributed by atoms with Crippen LogP contribution in [-0.2, 0) is 5.75 Å². The molecule has 0 aliphatic rings. The van der Waals surface area contributed by atoms with Crippen molar-refractivity contribution in [1.82, 2.24) is 10.3 Å². The third-order valence-corrected chi connectivity index (χ3v) is 5.85. The number of para-hydroxylation sites is 2. The maximum absolute atomic E-state index is 13.1. The van der Waals surface area contributed by atoms with Crippen LogP contribution in [0.3, 0.4) is 0 Å². The minimum atomic E-state index is -0.227. The number of rotatable bonds is 7. The van der Waals surface area contributed by atoms with Gasteiger partial charge in [-0.2, -0.15) is 0 Å².